The minimum absolute atomic E-state index is 0. The molecule has 0 spiro atoms. The maximum Gasteiger partial charge on any atom is 0 e. The molecule has 0 aromatic rings. The van der Waals surface area contributed by atoms with Gasteiger partial charge in [-0.1, -0.05) is 0 Å². The summed E-state index contributed by atoms with van der Waals surface area (Å²) >= 11 is 0. The summed E-state index contributed by atoms with van der Waals surface area (Å²) in [5.74, 6) is 0. The predicted octanol–water partition coefficient (Wildman–Crippen LogP) is -0.388. The normalized spacial score (nSPS) is 0. The Bertz CT molecular complexity index is 3.25. The van der Waals surface area contributed by atoms with Crippen molar-refractivity contribution < 1.29 is 52.1 Å². The van der Waals surface area contributed by atoms with Gasteiger partial charge >= 0.3 is 0 Å². The minimum Gasteiger partial charge on any atom is 0 e. The molecule has 0 saturated heterocycles. The Balaban J connectivity index is 0. The molecule has 0 aliphatic rings. The molecule has 3 radical (unpaired) electrons. The zero-order valence-electron chi connectivity index (χ0n) is 1.80. The summed E-state index contributed by atoms with van der Waals surface area (Å²) in [4.78, 5) is 0. The molecule has 4 heteroatoms. The maximum absolute atomic E-state index is 0. The SMILES string of the molecule is [Al].[Cr].[Cr].[Cr]. The van der Waals surface area contributed by atoms with E-state index in [2.05, 4.69) is 0 Å². The molecular weight excluding hydrogens is 183 g/mol. The summed E-state index contributed by atoms with van der Waals surface area (Å²) in [5, 5.41) is 0. The monoisotopic (exact) mass is 183 g/mol. The fourth-order valence-corrected chi connectivity index (χ4v) is 0. The van der Waals surface area contributed by atoms with E-state index in [1.54, 1.807) is 0 Å². The second-order valence-corrected chi connectivity index (χ2v) is 0. The van der Waals surface area contributed by atoms with Gasteiger partial charge in [-0.2, -0.15) is 0 Å². The standard InChI is InChI=1S/Al.3Cr. The fourth-order valence-electron chi connectivity index (χ4n) is 0. The van der Waals surface area contributed by atoms with E-state index in [1.165, 1.54) is 0 Å². The van der Waals surface area contributed by atoms with E-state index in [0.717, 1.165) is 0 Å². The second kappa shape index (κ2) is 19.3. The van der Waals surface area contributed by atoms with E-state index >= 15 is 0 Å². The van der Waals surface area contributed by atoms with Crippen LogP contribution in [-0.4, -0.2) is 17.4 Å². The molecule has 0 heterocycles. The summed E-state index contributed by atoms with van der Waals surface area (Å²) in [5.41, 5.74) is 0. The van der Waals surface area contributed by atoms with Gasteiger partial charge in [-0.3, -0.25) is 0 Å². The average Bonchev–Trinajstić information content (AvgIpc) is 0. The van der Waals surface area contributed by atoms with Crippen LogP contribution in [0.25, 0.3) is 0 Å². The predicted molar refractivity (Wildman–Crippen MR) is 5.75 cm³/mol. The summed E-state index contributed by atoms with van der Waals surface area (Å²) in [6.45, 7) is 0. The third-order valence-corrected chi connectivity index (χ3v) is 0. The maximum atomic E-state index is 0. The molecule has 4 heavy (non-hydrogen) atoms. The first-order chi connectivity index (χ1) is 0. The molecular formula is AlCr3. The van der Waals surface area contributed by atoms with Gasteiger partial charge in [0, 0.05) is 69.4 Å². The van der Waals surface area contributed by atoms with Crippen molar-refractivity contribution in [3.63, 3.8) is 0 Å². The molecule has 0 aromatic carbocycles. The molecule has 0 rings (SSSR count). The summed E-state index contributed by atoms with van der Waals surface area (Å²) in [7, 11) is 0. The number of hydrogen-bond donors (Lipinski definition) is 0. The van der Waals surface area contributed by atoms with Crippen molar-refractivity contribution in [2.75, 3.05) is 0 Å². The third kappa shape index (κ3) is 8.92. The van der Waals surface area contributed by atoms with Crippen LogP contribution < -0.4 is 0 Å². The molecule has 0 N–H and O–H groups in total. The van der Waals surface area contributed by atoms with E-state index in [-0.39, 0.29) is 69.4 Å². The molecule has 0 aliphatic heterocycles. The first-order valence-corrected chi connectivity index (χ1v) is 0. The quantitative estimate of drug-likeness (QED) is 0.448. The van der Waals surface area contributed by atoms with E-state index in [4.69, 9.17) is 0 Å². The molecule has 0 nitrogen and oxygen atoms in total. The Kier molecular flexibility index (Phi) is 171. The van der Waals surface area contributed by atoms with E-state index in [0.29, 0.717) is 0 Å². The van der Waals surface area contributed by atoms with Gasteiger partial charge in [-0.25, -0.2) is 0 Å². The van der Waals surface area contributed by atoms with Gasteiger partial charge in [0.2, 0.25) is 0 Å². The van der Waals surface area contributed by atoms with Crippen molar-refractivity contribution in [3.8, 4) is 0 Å². The van der Waals surface area contributed by atoms with E-state index < -0.39 is 0 Å². The Labute approximate surface area is 68.9 Å². The van der Waals surface area contributed by atoms with Gasteiger partial charge < -0.3 is 0 Å². The molecule has 0 amide bonds. The van der Waals surface area contributed by atoms with Crippen molar-refractivity contribution in [2.24, 2.45) is 0 Å². The Morgan fingerprint density at radius 3 is 0.500 bits per heavy atom. The molecule has 0 aliphatic carbocycles. The smallest absolute Gasteiger partial charge is 0 e. The third-order valence-electron chi connectivity index (χ3n) is 0. The first-order valence-electron chi connectivity index (χ1n) is 0. The number of hydrogen-bond acceptors (Lipinski definition) is 0. The van der Waals surface area contributed by atoms with Crippen molar-refractivity contribution >= 4 is 17.4 Å². The van der Waals surface area contributed by atoms with Crippen LogP contribution in [-0.2, 0) is 52.1 Å². The summed E-state index contributed by atoms with van der Waals surface area (Å²) in [6, 6.07) is 0. The van der Waals surface area contributed by atoms with Crippen LogP contribution in [0.5, 0.6) is 0 Å². The van der Waals surface area contributed by atoms with E-state index in [9.17, 15) is 0 Å². The van der Waals surface area contributed by atoms with Crippen molar-refractivity contribution in [3.05, 3.63) is 0 Å². The summed E-state index contributed by atoms with van der Waals surface area (Å²) < 4.78 is 0. The van der Waals surface area contributed by atoms with Gasteiger partial charge in [-0.15, -0.1) is 0 Å². The molecule has 0 atom stereocenters. The van der Waals surface area contributed by atoms with Gasteiger partial charge in [-0.05, 0) is 0 Å². The van der Waals surface area contributed by atoms with Crippen molar-refractivity contribution in [1.29, 1.82) is 0 Å². The molecule has 0 unspecified atom stereocenters. The molecule has 0 saturated carbocycles. The van der Waals surface area contributed by atoms with Crippen LogP contribution in [0, 0.1) is 0 Å². The van der Waals surface area contributed by atoms with Crippen molar-refractivity contribution in [2.45, 2.75) is 0 Å². The van der Waals surface area contributed by atoms with Crippen LogP contribution in [0.4, 0.5) is 0 Å². The molecule has 0 bridgehead atoms. The Morgan fingerprint density at radius 2 is 0.500 bits per heavy atom. The minimum atomic E-state index is 0. The van der Waals surface area contributed by atoms with Crippen LogP contribution in [0.2, 0.25) is 0 Å². The average molecular weight is 183 g/mol. The fraction of sp³-hybridized carbons (Fsp3) is 0. The topological polar surface area (TPSA) is 0 Å². The van der Waals surface area contributed by atoms with Crippen LogP contribution in [0.15, 0.2) is 0 Å². The summed E-state index contributed by atoms with van der Waals surface area (Å²) in [6.07, 6.45) is 0. The van der Waals surface area contributed by atoms with Gasteiger partial charge in [0.1, 0.15) is 0 Å². The first kappa shape index (κ1) is 35.6. The van der Waals surface area contributed by atoms with Crippen LogP contribution in [0.1, 0.15) is 0 Å². The largest absolute Gasteiger partial charge is 0 e. The van der Waals surface area contributed by atoms with Crippen molar-refractivity contribution in [1.82, 2.24) is 0 Å². The molecule has 21 valence electrons. The van der Waals surface area contributed by atoms with Crippen LogP contribution in [0.3, 0.4) is 0 Å². The zero-order chi connectivity index (χ0) is 0. The Morgan fingerprint density at radius 1 is 0.500 bits per heavy atom. The number of rotatable bonds is 0. The zero-order valence-corrected chi connectivity index (χ0v) is 6.78. The molecule has 0 fully saturated rings. The van der Waals surface area contributed by atoms with Gasteiger partial charge in [0.05, 0.1) is 0 Å². The van der Waals surface area contributed by atoms with Gasteiger partial charge in [0.15, 0.2) is 0 Å². The Hall–Kier alpha value is 2.13. The van der Waals surface area contributed by atoms with Gasteiger partial charge in [0.25, 0.3) is 0 Å². The molecule has 0 aromatic heterocycles. The second-order valence-electron chi connectivity index (χ2n) is 0. The van der Waals surface area contributed by atoms with E-state index in [1.807, 2.05) is 0 Å². The van der Waals surface area contributed by atoms with Crippen LogP contribution >= 0.6 is 0 Å².